The molecule has 7 heteroatoms. The fourth-order valence-corrected chi connectivity index (χ4v) is 3.38. The summed E-state index contributed by atoms with van der Waals surface area (Å²) in [7, 11) is 3.59. The van der Waals surface area contributed by atoms with Gasteiger partial charge in [-0.05, 0) is 44.0 Å². The van der Waals surface area contributed by atoms with E-state index in [0.717, 1.165) is 36.5 Å². The Kier molecular flexibility index (Phi) is 7.06. The molecule has 0 spiro atoms. The molecule has 0 radical (unpaired) electrons. The van der Waals surface area contributed by atoms with Crippen molar-refractivity contribution < 1.29 is 9.53 Å². The number of methoxy groups -OCH3 is 1. The molecule has 0 saturated carbocycles. The van der Waals surface area contributed by atoms with Crippen molar-refractivity contribution in [1.29, 1.82) is 0 Å². The van der Waals surface area contributed by atoms with E-state index in [1.807, 2.05) is 42.1 Å². The van der Waals surface area contributed by atoms with Gasteiger partial charge in [-0.25, -0.2) is 4.98 Å². The number of hydrogen-bond donors (Lipinski definition) is 2. The van der Waals surface area contributed by atoms with Crippen LogP contribution < -0.4 is 15.4 Å². The van der Waals surface area contributed by atoms with E-state index in [-0.39, 0.29) is 30.3 Å². The van der Waals surface area contributed by atoms with Gasteiger partial charge in [0.25, 0.3) is 0 Å². The zero-order valence-corrected chi connectivity index (χ0v) is 16.3. The van der Waals surface area contributed by atoms with Gasteiger partial charge in [-0.1, -0.05) is 12.1 Å². The molecule has 2 heterocycles. The van der Waals surface area contributed by atoms with Crippen molar-refractivity contribution in [1.82, 2.24) is 20.2 Å². The van der Waals surface area contributed by atoms with E-state index in [1.54, 1.807) is 13.3 Å². The number of carbonyl (C=O) groups excluding carboxylic acids is 1. The van der Waals surface area contributed by atoms with Crippen LogP contribution in [0.25, 0.3) is 0 Å². The molecule has 0 bridgehead atoms. The van der Waals surface area contributed by atoms with Crippen molar-refractivity contribution in [3.63, 3.8) is 0 Å². The molecule has 1 aromatic heterocycles. The fraction of sp³-hybridized carbons (Fsp3) is 0.474. The van der Waals surface area contributed by atoms with E-state index in [9.17, 15) is 4.79 Å². The second-order valence-electron chi connectivity index (χ2n) is 6.69. The molecule has 26 heavy (non-hydrogen) atoms. The van der Waals surface area contributed by atoms with Crippen LogP contribution in [0.1, 0.15) is 37.2 Å². The number of rotatable bonds is 5. The first kappa shape index (κ1) is 20.3. The van der Waals surface area contributed by atoms with Crippen LogP contribution in [0.2, 0.25) is 0 Å². The Morgan fingerprint density at radius 2 is 2.12 bits per heavy atom. The number of imidazole rings is 1. The normalized spacial score (nSPS) is 20.7. The third-order valence-electron chi connectivity index (χ3n) is 4.85. The van der Waals surface area contributed by atoms with Crippen LogP contribution in [0.3, 0.4) is 0 Å². The molecule has 6 nitrogen and oxygen atoms in total. The zero-order valence-electron chi connectivity index (χ0n) is 15.4. The van der Waals surface area contributed by atoms with Gasteiger partial charge in [0.2, 0.25) is 5.91 Å². The van der Waals surface area contributed by atoms with Gasteiger partial charge in [0, 0.05) is 31.4 Å². The summed E-state index contributed by atoms with van der Waals surface area (Å²) in [5.41, 5.74) is 0.991. The number of halogens is 1. The maximum Gasteiger partial charge on any atom is 0.224 e. The second-order valence-corrected chi connectivity index (χ2v) is 6.69. The zero-order chi connectivity index (χ0) is 17.8. The molecule has 1 fully saturated rings. The summed E-state index contributed by atoms with van der Waals surface area (Å²) >= 11 is 0. The Balaban J connectivity index is 0.00000243. The van der Waals surface area contributed by atoms with Crippen molar-refractivity contribution in [3.8, 4) is 5.75 Å². The van der Waals surface area contributed by atoms with E-state index in [2.05, 4.69) is 22.5 Å². The number of nitrogens with zero attached hydrogens (tertiary/aromatic N) is 2. The van der Waals surface area contributed by atoms with E-state index in [1.165, 1.54) is 0 Å². The maximum absolute atomic E-state index is 12.9. The molecule has 1 unspecified atom stereocenters. The summed E-state index contributed by atoms with van der Waals surface area (Å²) in [6.45, 7) is 3.01. The highest BCUT2D eigenvalue weighted by atomic mass is 35.5. The molecule has 1 amide bonds. The Labute approximate surface area is 160 Å². The van der Waals surface area contributed by atoms with Crippen molar-refractivity contribution in [2.45, 2.75) is 31.8 Å². The molecule has 2 aromatic rings. The Morgan fingerprint density at radius 1 is 1.38 bits per heavy atom. The summed E-state index contributed by atoms with van der Waals surface area (Å²) in [6.07, 6.45) is 5.38. The molecule has 1 aliphatic rings. The van der Waals surface area contributed by atoms with Gasteiger partial charge in [0.1, 0.15) is 17.6 Å². The molecule has 0 aliphatic carbocycles. The number of ether oxygens (including phenoxy) is 1. The van der Waals surface area contributed by atoms with Gasteiger partial charge < -0.3 is 19.9 Å². The predicted molar refractivity (Wildman–Crippen MR) is 104 cm³/mol. The smallest absolute Gasteiger partial charge is 0.224 e. The summed E-state index contributed by atoms with van der Waals surface area (Å²) in [6, 6.07) is 7.86. The molecule has 3 rings (SSSR count). The van der Waals surface area contributed by atoms with Gasteiger partial charge in [0.15, 0.2) is 0 Å². The highest BCUT2D eigenvalue weighted by molar-refractivity contribution is 5.85. The van der Waals surface area contributed by atoms with E-state index in [0.29, 0.717) is 6.04 Å². The maximum atomic E-state index is 12.9. The minimum Gasteiger partial charge on any atom is -0.497 e. The number of amides is 1. The fourth-order valence-electron chi connectivity index (χ4n) is 3.38. The standard InChI is InChI=1S/C19H26N4O2.ClH/c1-13-12-15(8-9-20-13)19(24)22-17(18-21-10-11-23(18)2)14-4-6-16(25-3)7-5-14;/h4-7,10-11,13,15,17,20H,8-9,12H2,1-3H3,(H,22,24);1H/t13-,15-,17?;/m0./s1. The van der Waals surface area contributed by atoms with Gasteiger partial charge >= 0.3 is 0 Å². The molecule has 1 aliphatic heterocycles. The first-order valence-electron chi connectivity index (χ1n) is 8.73. The average molecular weight is 379 g/mol. The van der Waals surface area contributed by atoms with Crippen molar-refractivity contribution >= 4 is 18.3 Å². The van der Waals surface area contributed by atoms with E-state index >= 15 is 0 Å². The number of carbonyl (C=O) groups is 1. The number of nitrogens with one attached hydrogen (secondary N) is 2. The number of benzene rings is 1. The predicted octanol–water partition coefficient (Wildman–Crippen LogP) is 2.44. The molecular weight excluding hydrogens is 352 g/mol. The molecular formula is C19H27ClN4O2. The van der Waals surface area contributed by atoms with Crippen molar-refractivity contribution in [2.24, 2.45) is 13.0 Å². The Hall–Kier alpha value is -2.05. The van der Waals surface area contributed by atoms with Crippen LogP contribution in [0, 0.1) is 5.92 Å². The lowest BCUT2D eigenvalue weighted by atomic mass is 9.92. The lowest BCUT2D eigenvalue weighted by molar-refractivity contribution is -0.126. The number of hydrogen-bond acceptors (Lipinski definition) is 4. The summed E-state index contributed by atoms with van der Waals surface area (Å²) in [5, 5.41) is 6.60. The monoisotopic (exact) mass is 378 g/mol. The molecule has 3 atom stereocenters. The van der Waals surface area contributed by atoms with Crippen molar-refractivity contribution in [2.75, 3.05) is 13.7 Å². The van der Waals surface area contributed by atoms with Gasteiger partial charge in [0.05, 0.1) is 7.11 Å². The molecule has 2 N–H and O–H groups in total. The van der Waals surface area contributed by atoms with Crippen LogP contribution in [0.15, 0.2) is 36.7 Å². The summed E-state index contributed by atoms with van der Waals surface area (Å²) < 4.78 is 7.18. The largest absolute Gasteiger partial charge is 0.497 e. The number of aryl methyl sites for hydroxylation is 1. The second kappa shape index (κ2) is 9.05. The number of aromatic nitrogens is 2. The van der Waals surface area contributed by atoms with Crippen LogP contribution in [-0.4, -0.2) is 35.2 Å². The van der Waals surface area contributed by atoms with E-state index < -0.39 is 0 Å². The molecule has 142 valence electrons. The van der Waals surface area contributed by atoms with Gasteiger partial charge in [-0.3, -0.25) is 4.79 Å². The summed E-state index contributed by atoms with van der Waals surface area (Å²) in [4.78, 5) is 17.3. The molecule has 1 aromatic carbocycles. The number of piperidine rings is 1. The van der Waals surface area contributed by atoms with Crippen LogP contribution in [0.5, 0.6) is 5.75 Å². The minimum atomic E-state index is -0.274. The first-order valence-corrected chi connectivity index (χ1v) is 8.73. The SMILES string of the molecule is COc1ccc(C(NC(=O)[C@H]2CCN[C@@H](C)C2)c2nccn2C)cc1.Cl. The topological polar surface area (TPSA) is 68.2 Å². The third-order valence-corrected chi connectivity index (χ3v) is 4.85. The average Bonchev–Trinajstić information content (AvgIpc) is 3.05. The van der Waals surface area contributed by atoms with Crippen LogP contribution in [-0.2, 0) is 11.8 Å². The first-order chi connectivity index (χ1) is 12.1. The lowest BCUT2D eigenvalue weighted by Gasteiger charge is -2.29. The summed E-state index contributed by atoms with van der Waals surface area (Å²) in [5.74, 6) is 1.75. The van der Waals surface area contributed by atoms with Gasteiger partial charge in [-0.15, -0.1) is 12.4 Å². The third kappa shape index (κ3) is 4.56. The van der Waals surface area contributed by atoms with Crippen molar-refractivity contribution in [3.05, 3.63) is 48.0 Å². The quantitative estimate of drug-likeness (QED) is 0.838. The minimum absolute atomic E-state index is 0. The Morgan fingerprint density at radius 3 is 2.69 bits per heavy atom. The molecule has 1 saturated heterocycles. The highest BCUT2D eigenvalue weighted by Crippen LogP contribution is 2.25. The lowest BCUT2D eigenvalue weighted by Crippen LogP contribution is -2.43. The van der Waals surface area contributed by atoms with Gasteiger partial charge in [-0.2, -0.15) is 0 Å². The van der Waals surface area contributed by atoms with E-state index in [4.69, 9.17) is 4.74 Å². The van der Waals surface area contributed by atoms with Crippen LogP contribution >= 0.6 is 12.4 Å². The van der Waals surface area contributed by atoms with Crippen LogP contribution in [0.4, 0.5) is 0 Å². The Bertz CT molecular complexity index is 717. The highest BCUT2D eigenvalue weighted by Gasteiger charge is 2.28.